The van der Waals surface area contributed by atoms with Gasteiger partial charge in [0.05, 0.1) is 5.37 Å². The van der Waals surface area contributed by atoms with Gasteiger partial charge in [0, 0.05) is 11.3 Å². The van der Waals surface area contributed by atoms with Crippen molar-refractivity contribution in [3.8, 4) is 0 Å². The molecule has 18 heavy (non-hydrogen) atoms. The van der Waals surface area contributed by atoms with Gasteiger partial charge in [0.25, 0.3) is 5.91 Å². The Morgan fingerprint density at radius 3 is 2.67 bits per heavy atom. The molecule has 1 aromatic carbocycles. The Bertz CT molecular complexity index is 489. The summed E-state index contributed by atoms with van der Waals surface area (Å²) >= 11 is 1.49. The highest BCUT2D eigenvalue weighted by atomic mass is 32.2. The lowest BCUT2D eigenvalue weighted by Crippen LogP contribution is -2.44. The number of carboxylic acids is 1. The fraction of sp³-hybridized carbons (Fsp3) is 0.385. The summed E-state index contributed by atoms with van der Waals surface area (Å²) < 4.78 is 0. The summed E-state index contributed by atoms with van der Waals surface area (Å²) in [5, 5.41) is 9.06. The van der Waals surface area contributed by atoms with Crippen LogP contribution in [0.2, 0.25) is 0 Å². The van der Waals surface area contributed by atoms with Gasteiger partial charge in [-0.2, -0.15) is 0 Å². The van der Waals surface area contributed by atoms with Crippen molar-refractivity contribution < 1.29 is 14.7 Å². The van der Waals surface area contributed by atoms with Crippen LogP contribution in [0.4, 0.5) is 0 Å². The minimum absolute atomic E-state index is 0.0989. The van der Waals surface area contributed by atoms with Crippen LogP contribution in [0.1, 0.15) is 22.8 Å². The predicted octanol–water partition coefficient (Wildman–Crippen LogP) is 1.98. The van der Waals surface area contributed by atoms with Crippen molar-refractivity contribution in [1.29, 1.82) is 0 Å². The Morgan fingerprint density at radius 1 is 1.39 bits per heavy atom. The smallest absolute Gasteiger partial charge is 0.327 e. The van der Waals surface area contributed by atoms with E-state index < -0.39 is 12.0 Å². The van der Waals surface area contributed by atoms with Gasteiger partial charge in [-0.15, -0.1) is 11.8 Å². The molecule has 1 amide bonds. The van der Waals surface area contributed by atoms with Crippen LogP contribution in [0.15, 0.2) is 24.3 Å². The summed E-state index contributed by atoms with van der Waals surface area (Å²) in [5.41, 5.74) is 1.45. The first-order chi connectivity index (χ1) is 8.52. The van der Waals surface area contributed by atoms with E-state index in [1.165, 1.54) is 16.7 Å². The zero-order valence-corrected chi connectivity index (χ0v) is 11.1. The first kappa shape index (κ1) is 13.0. The Hall–Kier alpha value is -1.49. The van der Waals surface area contributed by atoms with Crippen LogP contribution >= 0.6 is 11.8 Å². The molecule has 0 aliphatic carbocycles. The highest BCUT2D eigenvalue weighted by molar-refractivity contribution is 8.00. The summed E-state index contributed by atoms with van der Waals surface area (Å²) in [6.45, 7) is 3.72. The number of rotatable bonds is 2. The van der Waals surface area contributed by atoms with Gasteiger partial charge < -0.3 is 10.0 Å². The van der Waals surface area contributed by atoms with Crippen molar-refractivity contribution in [2.45, 2.75) is 25.3 Å². The van der Waals surface area contributed by atoms with Crippen LogP contribution in [-0.2, 0) is 4.79 Å². The zero-order valence-electron chi connectivity index (χ0n) is 10.3. The first-order valence-corrected chi connectivity index (χ1v) is 6.80. The van der Waals surface area contributed by atoms with Crippen molar-refractivity contribution in [1.82, 2.24) is 4.90 Å². The summed E-state index contributed by atoms with van der Waals surface area (Å²) in [6.07, 6.45) is 0. The van der Waals surface area contributed by atoms with Crippen molar-refractivity contribution in [2.75, 3.05) is 5.75 Å². The van der Waals surface area contributed by atoms with Crippen molar-refractivity contribution >= 4 is 23.6 Å². The van der Waals surface area contributed by atoms with Crippen molar-refractivity contribution in [3.63, 3.8) is 0 Å². The SMILES string of the molecule is Cc1ccccc1C(=O)N1C(C)SCC1C(=O)O. The van der Waals surface area contributed by atoms with Crippen LogP contribution in [0.3, 0.4) is 0 Å². The lowest BCUT2D eigenvalue weighted by atomic mass is 10.1. The molecule has 1 heterocycles. The third-order valence-electron chi connectivity index (χ3n) is 3.12. The molecule has 2 rings (SSSR count). The maximum atomic E-state index is 12.4. The van der Waals surface area contributed by atoms with Crippen LogP contribution < -0.4 is 0 Å². The highest BCUT2D eigenvalue weighted by Crippen LogP contribution is 2.30. The second kappa shape index (κ2) is 5.02. The second-order valence-electron chi connectivity index (χ2n) is 4.31. The highest BCUT2D eigenvalue weighted by Gasteiger charge is 2.39. The van der Waals surface area contributed by atoms with Crippen molar-refractivity contribution in [2.24, 2.45) is 0 Å². The number of aliphatic carboxylic acids is 1. The number of thioether (sulfide) groups is 1. The summed E-state index contributed by atoms with van der Waals surface area (Å²) in [6, 6.07) is 6.54. The molecule has 1 aliphatic rings. The zero-order chi connectivity index (χ0) is 13.3. The standard InChI is InChI=1S/C13H15NO3S/c1-8-5-3-4-6-10(8)12(15)14-9(2)18-7-11(14)13(16)17/h3-6,9,11H,7H2,1-2H3,(H,16,17). The van der Waals surface area contributed by atoms with E-state index >= 15 is 0 Å². The van der Waals surface area contributed by atoms with Gasteiger partial charge in [0.15, 0.2) is 0 Å². The summed E-state index contributed by atoms with van der Waals surface area (Å²) in [4.78, 5) is 25.1. The molecule has 96 valence electrons. The molecule has 1 saturated heterocycles. The van der Waals surface area contributed by atoms with E-state index in [-0.39, 0.29) is 11.3 Å². The van der Waals surface area contributed by atoms with Crippen LogP contribution in [-0.4, -0.2) is 39.1 Å². The molecule has 5 heteroatoms. The number of hydrogen-bond donors (Lipinski definition) is 1. The predicted molar refractivity (Wildman–Crippen MR) is 70.7 cm³/mol. The number of carbonyl (C=O) groups is 2. The maximum absolute atomic E-state index is 12.4. The molecular formula is C13H15NO3S. The molecule has 0 radical (unpaired) electrons. The van der Waals surface area contributed by atoms with Gasteiger partial charge in [-0.05, 0) is 25.5 Å². The average molecular weight is 265 g/mol. The van der Waals surface area contributed by atoms with Crippen LogP contribution in [0.5, 0.6) is 0 Å². The normalized spacial score (nSPS) is 23.1. The van der Waals surface area contributed by atoms with Gasteiger partial charge in [-0.3, -0.25) is 4.79 Å². The molecule has 4 nitrogen and oxygen atoms in total. The maximum Gasteiger partial charge on any atom is 0.327 e. The lowest BCUT2D eigenvalue weighted by molar-refractivity contribution is -0.141. The third-order valence-corrected chi connectivity index (χ3v) is 4.34. The van der Waals surface area contributed by atoms with Gasteiger partial charge in [0.2, 0.25) is 0 Å². The Labute approximate surface area is 110 Å². The van der Waals surface area contributed by atoms with Crippen molar-refractivity contribution in [3.05, 3.63) is 35.4 Å². The molecule has 0 spiro atoms. The number of carboxylic acid groups (broad SMARTS) is 1. The topological polar surface area (TPSA) is 57.6 Å². The second-order valence-corrected chi connectivity index (χ2v) is 5.66. The minimum Gasteiger partial charge on any atom is -0.480 e. The van der Waals surface area contributed by atoms with E-state index in [4.69, 9.17) is 5.11 Å². The quantitative estimate of drug-likeness (QED) is 0.888. The number of hydrogen-bond acceptors (Lipinski definition) is 3. The molecule has 2 atom stereocenters. The van der Waals surface area contributed by atoms with Gasteiger partial charge in [0.1, 0.15) is 6.04 Å². The van der Waals surface area contributed by atoms with E-state index in [0.29, 0.717) is 11.3 Å². The molecule has 0 bridgehead atoms. The molecule has 2 unspecified atom stereocenters. The van der Waals surface area contributed by atoms with Gasteiger partial charge >= 0.3 is 5.97 Å². The Balaban J connectivity index is 2.33. The van der Waals surface area contributed by atoms with Gasteiger partial charge in [-0.1, -0.05) is 18.2 Å². The van der Waals surface area contributed by atoms with E-state index in [1.54, 1.807) is 12.1 Å². The molecular weight excluding hydrogens is 250 g/mol. The van der Waals surface area contributed by atoms with Gasteiger partial charge in [-0.25, -0.2) is 4.79 Å². The third kappa shape index (κ3) is 2.22. The Kier molecular flexibility index (Phi) is 3.61. The molecule has 0 saturated carbocycles. The largest absolute Gasteiger partial charge is 0.480 e. The molecule has 1 aliphatic heterocycles. The lowest BCUT2D eigenvalue weighted by Gasteiger charge is -2.25. The fourth-order valence-corrected chi connectivity index (χ4v) is 3.26. The van der Waals surface area contributed by atoms with E-state index in [1.807, 2.05) is 26.0 Å². The minimum atomic E-state index is -0.936. The molecule has 1 aromatic rings. The summed E-state index contributed by atoms with van der Waals surface area (Å²) in [5.74, 6) is -0.680. The molecule has 1 N–H and O–H groups in total. The van der Waals surface area contributed by atoms with E-state index in [9.17, 15) is 9.59 Å². The average Bonchev–Trinajstić information content (AvgIpc) is 2.71. The van der Waals surface area contributed by atoms with Crippen LogP contribution in [0.25, 0.3) is 0 Å². The van der Waals surface area contributed by atoms with Crippen LogP contribution in [0, 0.1) is 6.92 Å². The van der Waals surface area contributed by atoms with E-state index in [0.717, 1.165) is 5.56 Å². The number of benzene rings is 1. The summed E-state index contributed by atoms with van der Waals surface area (Å²) in [7, 11) is 0. The number of carbonyl (C=O) groups excluding carboxylic acids is 1. The van der Waals surface area contributed by atoms with E-state index in [2.05, 4.69) is 0 Å². The fourth-order valence-electron chi connectivity index (χ4n) is 2.09. The number of amides is 1. The number of aryl methyl sites for hydroxylation is 1. The number of nitrogens with zero attached hydrogens (tertiary/aromatic N) is 1. The monoisotopic (exact) mass is 265 g/mol. The Morgan fingerprint density at radius 2 is 2.06 bits per heavy atom. The first-order valence-electron chi connectivity index (χ1n) is 5.75. The molecule has 1 fully saturated rings. The molecule has 0 aromatic heterocycles.